The van der Waals surface area contributed by atoms with Gasteiger partial charge in [-0.2, -0.15) is 0 Å². The zero-order chi connectivity index (χ0) is 24.2. The molecule has 6 nitrogen and oxygen atoms in total. The van der Waals surface area contributed by atoms with Gasteiger partial charge in [0.2, 0.25) is 0 Å². The van der Waals surface area contributed by atoms with Crippen LogP contribution in [-0.2, 0) is 27.5 Å². The van der Waals surface area contributed by atoms with E-state index in [0.29, 0.717) is 21.3 Å². The number of likely N-dealkylation sites (N-methyl/N-ethyl adjacent to an activating group) is 1. The molecule has 2 N–H and O–H groups in total. The number of anilines is 1. The van der Waals surface area contributed by atoms with Gasteiger partial charge in [-0.1, -0.05) is 65.7 Å². The molecule has 0 bridgehead atoms. The van der Waals surface area contributed by atoms with Crippen LogP contribution < -0.4 is 15.5 Å². The van der Waals surface area contributed by atoms with E-state index in [-0.39, 0.29) is 24.2 Å². The molecule has 1 heterocycles. The van der Waals surface area contributed by atoms with Crippen LogP contribution in [0.3, 0.4) is 0 Å². The number of nitrogens with zero attached hydrogens (tertiary/aromatic N) is 1. The molecule has 0 saturated heterocycles. The summed E-state index contributed by atoms with van der Waals surface area (Å²) < 4.78 is 0. The number of rotatable bonds is 6. The molecule has 34 heavy (non-hydrogen) atoms. The summed E-state index contributed by atoms with van der Waals surface area (Å²) in [5, 5.41) is 6.68. The quantitative estimate of drug-likeness (QED) is 0.304. The van der Waals surface area contributed by atoms with Gasteiger partial charge in [0.15, 0.2) is 0 Å². The molecule has 0 fully saturated rings. The summed E-state index contributed by atoms with van der Waals surface area (Å²) in [6.07, 6.45) is 0. The number of para-hydroxylation sites is 1. The zero-order valence-corrected chi connectivity index (χ0v) is 19.8. The van der Waals surface area contributed by atoms with E-state index in [4.69, 9.17) is 23.2 Å². The third-order valence-electron chi connectivity index (χ3n) is 5.49. The molecular weight excluding hydrogens is 473 g/mol. The average molecular weight is 494 g/mol. The highest BCUT2D eigenvalue weighted by atomic mass is 35.5. The lowest BCUT2D eigenvalue weighted by atomic mass is 9.99. The molecule has 3 amide bonds. The van der Waals surface area contributed by atoms with E-state index in [9.17, 15) is 14.4 Å². The van der Waals surface area contributed by atoms with E-state index >= 15 is 0 Å². The predicted molar refractivity (Wildman–Crippen MR) is 133 cm³/mol. The number of hydrogen-bond donors (Lipinski definition) is 2. The fraction of sp³-hybridized carbons (Fsp3) is 0.115. The third-order valence-corrected chi connectivity index (χ3v) is 5.99. The van der Waals surface area contributed by atoms with E-state index in [0.717, 1.165) is 11.1 Å². The van der Waals surface area contributed by atoms with Gasteiger partial charge in [0.25, 0.3) is 17.7 Å². The van der Waals surface area contributed by atoms with Crippen LogP contribution in [0.2, 0.25) is 10.0 Å². The minimum absolute atomic E-state index is 0.0697. The van der Waals surface area contributed by atoms with Crippen molar-refractivity contribution in [3.8, 4) is 0 Å². The highest BCUT2D eigenvalue weighted by Gasteiger charge is 2.36. The number of amides is 3. The number of benzene rings is 3. The minimum Gasteiger partial charge on any atom is -0.348 e. The van der Waals surface area contributed by atoms with Gasteiger partial charge in [-0.3, -0.25) is 14.4 Å². The summed E-state index contributed by atoms with van der Waals surface area (Å²) in [5.74, 6) is -1.70. The molecule has 0 aliphatic carbocycles. The number of hydrogen-bond acceptors (Lipinski definition) is 3. The standard InChI is InChI=1S/C26H21Cl2N3O3/c1-31-21-5-3-2-4-20(21)22(26(31)34)23(24(32)29-14-16-6-10-18(27)11-7-16)25(33)30-15-17-8-12-19(28)13-9-17/h2-13H,14-15H2,1H3,(H,29,32)(H,30,33). The zero-order valence-electron chi connectivity index (χ0n) is 18.3. The molecule has 1 aliphatic heterocycles. The van der Waals surface area contributed by atoms with Crippen molar-refractivity contribution in [1.82, 2.24) is 10.6 Å². The van der Waals surface area contributed by atoms with E-state index in [1.165, 1.54) is 4.90 Å². The second-order valence-electron chi connectivity index (χ2n) is 7.75. The van der Waals surface area contributed by atoms with Crippen molar-refractivity contribution in [2.75, 3.05) is 11.9 Å². The Morgan fingerprint density at radius 2 is 1.24 bits per heavy atom. The van der Waals surface area contributed by atoms with Crippen LogP contribution in [0.4, 0.5) is 5.69 Å². The molecule has 0 radical (unpaired) electrons. The van der Waals surface area contributed by atoms with Gasteiger partial charge >= 0.3 is 0 Å². The maximum absolute atomic E-state index is 13.3. The van der Waals surface area contributed by atoms with E-state index in [1.807, 2.05) is 0 Å². The summed E-state index contributed by atoms with van der Waals surface area (Å²) >= 11 is 11.9. The van der Waals surface area contributed by atoms with Crippen LogP contribution in [-0.4, -0.2) is 24.8 Å². The molecule has 3 aromatic rings. The summed E-state index contributed by atoms with van der Waals surface area (Å²) in [4.78, 5) is 41.1. The number of fused-ring (bicyclic) bond motifs is 1. The highest BCUT2D eigenvalue weighted by Crippen LogP contribution is 2.37. The third kappa shape index (κ3) is 4.98. The van der Waals surface area contributed by atoms with Crippen molar-refractivity contribution in [3.63, 3.8) is 0 Å². The summed E-state index contributed by atoms with van der Waals surface area (Å²) in [7, 11) is 1.61. The first-order valence-electron chi connectivity index (χ1n) is 10.5. The monoisotopic (exact) mass is 493 g/mol. The van der Waals surface area contributed by atoms with Gasteiger partial charge in [0.1, 0.15) is 5.57 Å². The largest absolute Gasteiger partial charge is 0.348 e. The molecule has 8 heteroatoms. The Morgan fingerprint density at radius 3 is 1.74 bits per heavy atom. The van der Waals surface area contributed by atoms with Crippen LogP contribution in [0.1, 0.15) is 16.7 Å². The second kappa shape index (κ2) is 10.1. The van der Waals surface area contributed by atoms with Crippen molar-refractivity contribution in [1.29, 1.82) is 0 Å². The molecule has 4 rings (SSSR count). The van der Waals surface area contributed by atoms with E-state index < -0.39 is 17.7 Å². The van der Waals surface area contributed by atoms with Gasteiger partial charge in [0, 0.05) is 35.7 Å². The Kier molecular flexibility index (Phi) is 7.01. The maximum atomic E-state index is 13.3. The Hall–Kier alpha value is -3.61. The SMILES string of the molecule is CN1C(=O)C(=C(C(=O)NCc2ccc(Cl)cc2)C(=O)NCc2ccc(Cl)cc2)c2ccccc21. The lowest BCUT2D eigenvalue weighted by Gasteiger charge is -2.13. The number of halogens is 2. The summed E-state index contributed by atoms with van der Waals surface area (Å²) in [6.45, 7) is 0.339. The predicted octanol–water partition coefficient (Wildman–Crippen LogP) is 4.36. The van der Waals surface area contributed by atoms with Gasteiger partial charge in [-0.15, -0.1) is 0 Å². The Bertz CT molecular complexity index is 1220. The summed E-state index contributed by atoms with van der Waals surface area (Å²) in [5.41, 5.74) is 2.62. The molecule has 0 unspecified atom stereocenters. The second-order valence-corrected chi connectivity index (χ2v) is 8.62. The molecule has 1 aliphatic rings. The van der Waals surface area contributed by atoms with Gasteiger partial charge < -0.3 is 15.5 Å². The Balaban J connectivity index is 1.66. The first-order chi connectivity index (χ1) is 16.3. The Morgan fingerprint density at radius 1 is 0.765 bits per heavy atom. The van der Waals surface area contributed by atoms with Gasteiger partial charge in [0.05, 0.1) is 11.3 Å². The average Bonchev–Trinajstić information content (AvgIpc) is 3.09. The first-order valence-corrected chi connectivity index (χ1v) is 11.3. The van der Waals surface area contributed by atoms with Gasteiger partial charge in [-0.25, -0.2) is 0 Å². The lowest BCUT2D eigenvalue weighted by molar-refractivity contribution is -0.124. The Labute approximate surface area is 207 Å². The van der Waals surface area contributed by atoms with Crippen LogP contribution in [0.15, 0.2) is 78.4 Å². The van der Waals surface area contributed by atoms with Crippen LogP contribution in [0.25, 0.3) is 5.57 Å². The maximum Gasteiger partial charge on any atom is 0.259 e. The fourth-order valence-corrected chi connectivity index (χ4v) is 3.94. The molecule has 3 aromatic carbocycles. The van der Waals surface area contributed by atoms with Crippen LogP contribution in [0.5, 0.6) is 0 Å². The topological polar surface area (TPSA) is 78.5 Å². The van der Waals surface area contributed by atoms with E-state index in [1.54, 1.807) is 79.8 Å². The normalized spacial score (nSPS) is 12.4. The van der Waals surface area contributed by atoms with Crippen molar-refractivity contribution in [3.05, 3.63) is 105 Å². The number of carbonyl (C=O) groups excluding carboxylic acids is 3. The minimum atomic E-state index is -0.642. The van der Waals surface area contributed by atoms with Crippen molar-refractivity contribution in [2.45, 2.75) is 13.1 Å². The highest BCUT2D eigenvalue weighted by molar-refractivity contribution is 6.41. The van der Waals surface area contributed by atoms with Crippen LogP contribution in [0, 0.1) is 0 Å². The summed E-state index contributed by atoms with van der Waals surface area (Å²) in [6, 6.07) is 21.0. The number of carbonyl (C=O) groups is 3. The van der Waals surface area contributed by atoms with Crippen LogP contribution >= 0.6 is 23.2 Å². The van der Waals surface area contributed by atoms with Crippen molar-refractivity contribution >= 4 is 52.2 Å². The molecule has 0 spiro atoms. The molecule has 172 valence electrons. The smallest absolute Gasteiger partial charge is 0.259 e. The molecular formula is C26H21Cl2N3O3. The molecule has 0 atom stereocenters. The number of nitrogens with one attached hydrogen (secondary N) is 2. The molecule has 0 aromatic heterocycles. The first kappa shape index (κ1) is 23.5. The van der Waals surface area contributed by atoms with Crippen molar-refractivity contribution in [2.24, 2.45) is 0 Å². The van der Waals surface area contributed by atoms with Crippen molar-refractivity contribution < 1.29 is 14.4 Å². The lowest BCUT2D eigenvalue weighted by Crippen LogP contribution is -2.36. The molecule has 0 saturated carbocycles. The fourth-order valence-electron chi connectivity index (χ4n) is 3.69. The van der Waals surface area contributed by atoms with E-state index in [2.05, 4.69) is 10.6 Å². The van der Waals surface area contributed by atoms with Gasteiger partial charge in [-0.05, 0) is 41.5 Å².